The van der Waals surface area contributed by atoms with E-state index in [-0.39, 0.29) is 18.6 Å². The Morgan fingerprint density at radius 1 is 0.938 bits per heavy atom. The summed E-state index contributed by atoms with van der Waals surface area (Å²) in [6, 6.07) is 23.7. The molecule has 0 spiro atoms. The molecule has 162 valence electrons. The molecule has 2 atom stereocenters. The number of amides is 2. The standard InChI is InChI=1S/C25H24N4O3/c1-17(28-25(31)32-15-18-8-4-2-5-9-18)24(30)29-23(19-10-6-3-7-11-19)20-12-13-21-22(14-20)27-16-26-21/h2-14,16-17,23H,15H2,1H3,(H,26,27)(H,28,31)(H,29,30)/t17-,23-/m1/s1. The van der Waals surface area contributed by atoms with E-state index in [0.29, 0.717) is 0 Å². The molecule has 4 rings (SSSR count). The lowest BCUT2D eigenvalue weighted by Gasteiger charge is -2.22. The Morgan fingerprint density at radius 3 is 2.41 bits per heavy atom. The van der Waals surface area contributed by atoms with Gasteiger partial charge in [-0.25, -0.2) is 9.78 Å². The fourth-order valence-electron chi connectivity index (χ4n) is 3.41. The first-order chi connectivity index (χ1) is 15.6. The van der Waals surface area contributed by atoms with Crippen molar-refractivity contribution in [2.75, 3.05) is 0 Å². The zero-order chi connectivity index (χ0) is 22.3. The van der Waals surface area contributed by atoms with Crippen molar-refractivity contribution in [2.45, 2.75) is 25.6 Å². The van der Waals surface area contributed by atoms with Crippen LogP contribution in [0.5, 0.6) is 0 Å². The molecule has 7 nitrogen and oxygen atoms in total. The SMILES string of the molecule is C[C@@H](NC(=O)OCc1ccccc1)C(=O)N[C@H](c1ccccc1)c1ccc2nc[nH]c2c1. The molecule has 0 saturated heterocycles. The van der Waals surface area contributed by atoms with E-state index in [0.717, 1.165) is 27.7 Å². The molecule has 4 aromatic rings. The summed E-state index contributed by atoms with van der Waals surface area (Å²) in [7, 11) is 0. The summed E-state index contributed by atoms with van der Waals surface area (Å²) in [5.74, 6) is -0.319. The maximum Gasteiger partial charge on any atom is 0.408 e. The van der Waals surface area contributed by atoms with Gasteiger partial charge < -0.3 is 20.4 Å². The Hall–Kier alpha value is -4.13. The fraction of sp³-hybridized carbons (Fsp3) is 0.160. The second-order valence-corrected chi connectivity index (χ2v) is 7.46. The van der Waals surface area contributed by atoms with E-state index in [1.54, 1.807) is 13.3 Å². The van der Waals surface area contributed by atoms with E-state index in [4.69, 9.17) is 4.74 Å². The van der Waals surface area contributed by atoms with Gasteiger partial charge in [-0.3, -0.25) is 4.79 Å². The van der Waals surface area contributed by atoms with Crippen LogP contribution in [0.4, 0.5) is 4.79 Å². The summed E-state index contributed by atoms with van der Waals surface area (Å²) in [6.45, 7) is 1.76. The predicted octanol–water partition coefficient (Wildman–Crippen LogP) is 4.08. The number of imidazole rings is 1. The van der Waals surface area contributed by atoms with E-state index in [1.807, 2.05) is 78.9 Å². The smallest absolute Gasteiger partial charge is 0.408 e. The van der Waals surface area contributed by atoms with Crippen LogP contribution < -0.4 is 10.6 Å². The highest BCUT2D eigenvalue weighted by atomic mass is 16.5. The number of carbonyl (C=O) groups excluding carboxylic acids is 2. The first-order valence-electron chi connectivity index (χ1n) is 10.4. The molecule has 7 heteroatoms. The van der Waals surface area contributed by atoms with Gasteiger partial charge >= 0.3 is 6.09 Å². The summed E-state index contributed by atoms with van der Waals surface area (Å²) in [6.07, 6.45) is 0.990. The summed E-state index contributed by atoms with van der Waals surface area (Å²) >= 11 is 0. The van der Waals surface area contributed by atoms with Gasteiger partial charge in [-0.2, -0.15) is 0 Å². The van der Waals surface area contributed by atoms with Gasteiger partial charge in [-0.15, -0.1) is 0 Å². The van der Waals surface area contributed by atoms with Gasteiger partial charge in [0.15, 0.2) is 0 Å². The van der Waals surface area contributed by atoms with Crippen LogP contribution in [-0.2, 0) is 16.1 Å². The zero-order valence-corrected chi connectivity index (χ0v) is 17.6. The lowest BCUT2D eigenvalue weighted by atomic mass is 9.98. The number of nitrogens with one attached hydrogen (secondary N) is 3. The maximum absolute atomic E-state index is 12.9. The summed E-state index contributed by atoms with van der Waals surface area (Å²) in [4.78, 5) is 32.4. The summed E-state index contributed by atoms with van der Waals surface area (Å²) in [5.41, 5.74) is 4.44. The van der Waals surface area contributed by atoms with E-state index < -0.39 is 12.1 Å². The minimum Gasteiger partial charge on any atom is -0.445 e. The van der Waals surface area contributed by atoms with Crippen LogP contribution in [0.3, 0.4) is 0 Å². The van der Waals surface area contributed by atoms with Crippen molar-refractivity contribution in [3.63, 3.8) is 0 Å². The van der Waals surface area contributed by atoms with Crippen LogP contribution in [0, 0.1) is 0 Å². The van der Waals surface area contributed by atoms with E-state index in [2.05, 4.69) is 20.6 Å². The average Bonchev–Trinajstić information content (AvgIpc) is 3.30. The average molecular weight is 428 g/mol. The van der Waals surface area contributed by atoms with Crippen LogP contribution in [0.25, 0.3) is 11.0 Å². The number of ether oxygens (including phenoxy) is 1. The normalized spacial score (nSPS) is 12.7. The summed E-state index contributed by atoms with van der Waals surface area (Å²) in [5, 5.41) is 5.64. The molecule has 0 fully saturated rings. The molecule has 1 aromatic heterocycles. The number of aromatic amines is 1. The second kappa shape index (κ2) is 9.78. The van der Waals surface area contributed by atoms with Gasteiger partial charge in [0.1, 0.15) is 12.6 Å². The highest BCUT2D eigenvalue weighted by Crippen LogP contribution is 2.24. The fourth-order valence-corrected chi connectivity index (χ4v) is 3.41. The number of fused-ring (bicyclic) bond motifs is 1. The first-order valence-corrected chi connectivity index (χ1v) is 10.4. The largest absolute Gasteiger partial charge is 0.445 e. The van der Waals surface area contributed by atoms with Crippen LogP contribution in [-0.4, -0.2) is 28.0 Å². The molecule has 0 aliphatic carbocycles. The third-order valence-electron chi connectivity index (χ3n) is 5.14. The lowest BCUT2D eigenvalue weighted by molar-refractivity contribution is -0.123. The Kier molecular flexibility index (Phi) is 6.46. The number of nitrogens with zero attached hydrogens (tertiary/aromatic N) is 1. The highest BCUT2D eigenvalue weighted by Gasteiger charge is 2.22. The molecule has 0 aliphatic heterocycles. The second-order valence-electron chi connectivity index (χ2n) is 7.46. The Labute approximate surface area is 185 Å². The molecule has 2 amide bonds. The van der Waals surface area contributed by atoms with Crippen LogP contribution >= 0.6 is 0 Å². The molecule has 0 radical (unpaired) electrons. The van der Waals surface area contributed by atoms with Crippen molar-refractivity contribution >= 4 is 23.0 Å². The monoisotopic (exact) mass is 428 g/mol. The van der Waals surface area contributed by atoms with E-state index in [1.165, 1.54) is 0 Å². The third-order valence-corrected chi connectivity index (χ3v) is 5.14. The van der Waals surface area contributed by atoms with Crippen molar-refractivity contribution in [1.29, 1.82) is 0 Å². The minimum absolute atomic E-state index is 0.137. The first kappa shape index (κ1) is 21.1. The van der Waals surface area contributed by atoms with Gasteiger partial charge in [0.2, 0.25) is 5.91 Å². The zero-order valence-electron chi connectivity index (χ0n) is 17.6. The van der Waals surface area contributed by atoms with Crippen LogP contribution in [0.15, 0.2) is 85.2 Å². The molecule has 0 saturated carbocycles. The molecule has 1 heterocycles. The van der Waals surface area contributed by atoms with Gasteiger partial charge in [-0.1, -0.05) is 66.7 Å². The number of hydrogen-bond donors (Lipinski definition) is 3. The van der Waals surface area contributed by atoms with Crippen molar-refractivity contribution < 1.29 is 14.3 Å². The number of H-pyrrole nitrogens is 1. The Morgan fingerprint density at radius 2 is 1.66 bits per heavy atom. The quantitative estimate of drug-likeness (QED) is 0.413. The number of aromatic nitrogens is 2. The van der Waals surface area contributed by atoms with Crippen molar-refractivity contribution in [2.24, 2.45) is 0 Å². The molecule has 3 aromatic carbocycles. The molecular weight excluding hydrogens is 404 g/mol. The molecular formula is C25H24N4O3. The topological polar surface area (TPSA) is 96.1 Å². The van der Waals surface area contributed by atoms with Crippen LogP contribution in [0.2, 0.25) is 0 Å². The molecule has 0 aliphatic rings. The van der Waals surface area contributed by atoms with E-state index in [9.17, 15) is 9.59 Å². The highest BCUT2D eigenvalue weighted by molar-refractivity contribution is 5.86. The third kappa shape index (κ3) is 5.13. The number of carbonyl (C=O) groups is 2. The summed E-state index contributed by atoms with van der Waals surface area (Å²) < 4.78 is 5.22. The van der Waals surface area contributed by atoms with Crippen LogP contribution in [0.1, 0.15) is 29.7 Å². The van der Waals surface area contributed by atoms with Gasteiger partial charge in [0.05, 0.1) is 23.4 Å². The van der Waals surface area contributed by atoms with Gasteiger partial charge in [-0.05, 0) is 35.7 Å². The maximum atomic E-state index is 12.9. The number of rotatable bonds is 7. The molecule has 3 N–H and O–H groups in total. The molecule has 0 unspecified atom stereocenters. The number of hydrogen-bond acceptors (Lipinski definition) is 4. The number of benzene rings is 3. The van der Waals surface area contributed by atoms with Crippen molar-refractivity contribution in [1.82, 2.24) is 20.6 Å². The van der Waals surface area contributed by atoms with E-state index >= 15 is 0 Å². The van der Waals surface area contributed by atoms with Crippen molar-refractivity contribution in [3.8, 4) is 0 Å². The minimum atomic E-state index is -0.777. The van der Waals surface area contributed by atoms with Gasteiger partial charge in [0, 0.05) is 0 Å². The van der Waals surface area contributed by atoms with Crippen molar-refractivity contribution in [3.05, 3.63) is 102 Å². The lowest BCUT2D eigenvalue weighted by Crippen LogP contribution is -2.46. The van der Waals surface area contributed by atoms with Gasteiger partial charge in [0.25, 0.3) is 0 Å². The molecule has 0 bridgehead atoms. The molecule has 32 heavy (non-hydrogen) atoms. The Balaban J connectivity index is 1.44. The number of alkyl carbamates (subject to hydrolysis) is 1. The Bertz CT molecular complexity index is 1190. The predicted molar refractivity (Wildman–Crippen MR) is 122 cm³/mol.